The van der Waals surface area contributed by atoms with Gasteiger partial charge in [-0.15, -0.1) is 24.0 Å². The summed E-state index contributed by atoms with van der Waals surface area (Å²) in [6.45, 7) is 5.70. The van der Waals surface area contributed by atoms with E-state index in [0.717, 1.165) is 57.9 Å². The Hall–Kier alpha value is -0.0800. The van der Waals surface area contributed by atoms with E-state index >= 15 is 0 Å². The van der Waals surface area contributed by atoms with E-state index in [-0.39, 0.29) is 29.6 Å². The molecule has 1 saturated heterocycles. The first-order valence-electron chi connectivity index (χ1n) is 9.92. The lowest BCUT2D eigenvalue weighted by Crippen LogP contribution is -2.45. The van der Waals surface area contributed by atoms with Crippen molar-refractivity contribution in [1.82, 2.24) is 10.6 Å². The molecular weight excluding hydrogens is 429 g/mol. The third-order valence-corrected chi connectivity index (χ3v) is 5.17. The van der Waals surface area contributed by atoms with Gasteiger partial charge in [0.2, 0.25) is 0 Å². The zero-order valence-electron chi connectivity index (χ0n) is 16.1. The van der Waals surface area contributed by atoms with Crippen LogP contribution in [0.2, 0.25) is 0 Å². The smallest absolute Gasteiger partial charge is 0.191 e. The molecule has 0 bridgehead atoms. The summed E-state index contributed by atoms with van der Waals surface area (Å²) >= 11 is 0. The van der Waals surface area contributed by atoms with Gasteiger partial charge in [-0.1, -0.05) is 25.7 Å². The molecule has 1 heterocycles. The van der Waals surface area contributed by atoms with Gasteiger partial charge in [0.1, 0.15) is 0 Å². The van der Waals surface area contributed by atoms with Gasteiger partial charge >= 0.3 is 0 Å². The van der Waals surface area contributed by atoms with E-state index in [1.165, 1.54) is 38.5 Å². The first kappa shape index (κ1) is 23.0. The molecule has 148 valence electrons. The molecule has 0 spiro atoms. The molecule has 0 radical (unpaired) electrons. The van der Waals surface area contributed by atoms with Gasteiger partial charge < -0.3 is 20.1 Å². The number of rotatable bonds is 8. The number of unbranched alkanes of at least 4 members (excludes halogenated alkanes) is 1. The topological polar surface area (TPSA) is 54.9 Å². The molecule has 1 atom stereocenters. The van der Waals surface area contributed by atoms with Crippen molar-refractivity contribution in [3.05, 3.63) is 0 Å². The Kier molecular flexibility index (Phi) is 12.1. The normalized spacial score (nSPS) is 25.3. The Labute approximate surface area is 171 Å². The summed E-state index contributed by atoms with van der Waals surface area (Å²) in [5.74, 6) is 0.872. The molecule has 0 aromatic carbocycles. The molecule has 2 fully saturated rings. The Bertz CT molecular complexity index is 366. The van der Waals surface area contributed by atoms with E-state index in [1.54, 1.807) is 0 Å². The minimum atomic E-state index is -0.0375. The molecule has 6 heteroatoms. The number of halogens is 1. The van der Waals surface area contributed by atoms with E-state index in [2.05, 4.69) is 22.5 Å². The highest BCUT2D eigenvalue weighted by molar-refractivity contribution is 14.0. The second-order valence-corrected chi connectivity index (χ2v) is 7.45. The average molecular weight is 467 g/mol. The molecule has 1 aliphatic carbocycles. The lowest BCUT2D eigenvalue weighted by Gasteiger charge is -2.24. The minimum absolute atomic E-state index is 0. The van der Waals surface area contributed by atoms with Crippen LogP contribution in [0, 0.1) is 0 Å². The van der Waals surface area contributed by atoms with Gasteiger partial charge in [0.25, 0.3) is 0 Å². The fraction of sp³-hybridized carbons (Fsp3) is 0.947. The number of ether oxygens (including phenoxy) is 2. The molecule has 25 heavy (non-hydrogen) atoms. The number of nitrogens with zero attached hydrogens (tertiary/aromatic N) is 1. The van der Waals surface area contributed by atoms with Crippen LogP contribution < -0.4 is 10.6 Å². The van der Waals surface area contributed by atoms with Gasteiger partial charge in [-0.2, -0.15) is 0 Å². The van der Waals surface area contributed by atoms with Crippen molar-refractivity contribution in [2.75, 3.05) is 33.4 Å². The highest BCUT2D eigenvalue weighted by Gasteiger charge is 2.29. The van der Waals surface area contributed by atoms with Crippen molar-refractivity contribution in [2.45, 2.75) is 82.8 Å². The summed E-state index contributed by atoms with van der Waals surface area (Å²) in [5, 5.41) is 6.77. The molecule has 1 saturated carbocycles. The van der Waals surface area contributed by atoms with Gasteiger partial charge in [0.05, 0.1) is 11.7 Å². The molecule has 5 nitrogen and oxygen atoms in total. The van der Waals surface area contributed by atoms with Gasteiger partial charge in [-0.25, -0.2) is 0 Å². The second-order valence-electron chi connectivity index (χ2n) is 7.45. The van der Waals surface area contributed by atoms with Crippen LogP contribution in [0.25, 0.3) is 0 Å². The van der Waals surface area contributed by atoms with E-state index < -0.39 is 0 Å². The van der Waals surface area contributed by atoms with Crippen LogP contribution in [0.5, 0.6) is 0 Å². The Morgan fingerprint density at radius 3 is 2.52 bits per heavy atom. The maximum absolute atomic E-state index is 6.03. The maximum atomic E-state index is 6.03. The van der Waals surface area contributed by atoms with Crippen molar-refractivity contribution >= 4 is 29.9 Å². The lowest BCUT2D eigenvalue weighted by molar-refractivity contribution is 0.0243. The quantitative estimate of drug-likeness (QED) is 0.187. The predicted octanol–water partition coefficient (Wildman–Crippen LogP) is 3.86. The number of guanidine groups is 1. The molecule has 1 aliphatic heterocycles. The van der Waals surface area contributed by atoms with Gasteiger partial charge in [-0.05, 0) is 45.4 Å². The van der Waals surface area contributed by atoms with Crippen LogP contribution in [0.3, 0.4) is 0 Å². The third kappa shape index (κ3) is 9.43. The van der Waals surface area contributed by atoms with Crippen molar-refractivity contribution in [1.29, 1.82) is 0 Å². The fourth-order valence-corrected chi connectivity index (χ4v) is 3.56. The fourth-order valence-electron chi connectivity index (χ4n) is 3.56. The van der Waals surface area contributed by atoms with Crippen molar-refractivity contribution in [3.63, 3.8) is 0 Å². The van der Waals surface area contributed by atoms with Crippen LogP contribution >= 0.6 is 24.0 Å². The maximum Gasteiger partial charge on any atom is 0.191 e. The average Bonchev–Trinajstić information content (AvgIpc) is 2.86. The summed E-state index contributed by atoms with van der Waals surface area (Å²) in [4.78, 5) is 4.29. The second kappa shape index (κ2) is 13.1. The summed E-state index contributed by atoms with van der Waals surface area (Å²) in [6.07, 6.45) is 13.0. The van der Waals surface area contributed by atoms with Crippen LogP contribution in [0.1, 0.15) is 71.1 Å². The minimum Gasteiger partial charge on any atom is -0.378 e. The predicted molar refractivity (Wildman–Crippen MR) is 115 cm³/mol. The van der Waals surface area contributed by atoms with Crippen molar-refractivity contribution in [2.24, 2.45) is 4.99 Å². The monoisotopic (exact) mass is 467 g/mol. The van der Waals surface area contributed by atoms with E-state index in [9.17, 15) is 0 Å². The molecule has 1 unspecified atom stereocenters. The van der Waals surface area contributed by atoms with Crippen LogP contribution in [0.4, 0.5) is 0 Å². The molecule has 0 aromatic rings. The van der Waals surface area contributed by atoms with E-state index in [0.29, 0.717) is 6.10 Å². The Balaban J connectivity index is 0.00000312. The summed E-state index contributed by atoms with van der Waals surface area (Å²) in [5.41, 5.74) is -0.0375. The summed E-state index contributed by atoms with van der Waals surface area (Å²) in [6, 6.07) is 0. The van der Waals surface area contributed by atoms with Gasteiger partial charge in [-0.3, -0.25) is 4.99 Å². The summed E-state index contributed by atoms with van der Waals surface area (Å²) < 4.78 is 11.8. The number of hydrogen-bond acceptors (Lipinski definition) is 3. The lowest BCUT2D eigenvalue weighted by atomic mass is 10.0. The molecule has 2 N–H and O–H groups in total. The Morgan fingerprint density at radius 2 is 1.88 bits per heavy atom. The van der Waals surface area contributed by atoms with E-state index in [1.807, 2.05) is 7.05 Å². The Morgan fingerprint density at radius 1 is 1.12 bits per heavy atom. The van der Waals surface area contributed by atoms with Crippen molar-refractivity contribution in [3.8, 4) is 0 Å². The molecule has 2 aliphatic rings. The number of hydrogen-bond donors (Lipinski definition) is 2. The standard InChI is InChI=1S/C19H37N3O2.HI/c1-19(12-9-15-24-19)16-22-18(20-2)21-13-7-8-14-23-17-10-5-3-4-6-11-17;/h17H,3-16H2,1-2H3,(H2,20,21,22);1H. The molecule has 2 rings (SSSR count). The number of nitrogens with one attached hydrogen (secondary N) is 2. The highest BCUT2D eigenvalue weighted by Crippen LogP contribution is 2.23. The largest absolute Gasteiger partial charge is 0.378 e. The first-order valence-corrected chi connectivity index (χ1v) is 9.92. The molecule has 0 amide bonds. The van der Waals surface area contributed by atoms with E-state index in [4.69, 9.17) is 9.47 Å². The van der Waals surface area contributed by atoms with Gasteiger partial charge in [0, 0.05) is 33.4 Å². The first-order chi connectivity index (χ1) is 11.7. The summed E-state index contributed by atoms with van der Waals surface area (Å²) in [7, 11) is 1.82. The SMILES string of the molecule is CN=C(NCCCCOC1CCCCCC1)NCC1(C)CCCO1.I. The van der Waals surface area contributed by atoms with Crippen LogP contribution in [-0.4, -0.2) is 51.0 Å². The highest BCUT2D eigenvalue weighted by atomic mass is 127. The van der Waals surface area contributed by atoms with Crippen molar-refractivity contribution < 1.29 is 9.47 Å². The zero-order valence-corrected chi connectivity index (χ0v) is 18.5. The van der Waals surface area contributed by atoms with Gasteiger partial charge in [0.15, 0.2) is 5.96 Å². The zero-order chi connectivity index (χ0) is 17.1. The molecule has 0 aromatic heterocycles. The number of aliphatic imine (C=N–C) groups is 1. The molecular formula is C19H38IN3O2. The third-order valence-electron chi connectivity index (χ3n) is 5.17. The van der Waals surface area contributed by atoms with Crippen LogP contribution in [-0.2, 0) is 9.47 Å². The van der Waals surface area contributed by atoms with Crippen LogP contribution in [0.15, 0.2) is 4.99 Å².